The summed E-state index contributed by atoms with van der Waals surface area (Å²) in [6.07, 6.45) is 17.0. The molecule has 0 N–H and O–H groups in total. The molecule has 4 atom stereocenters. The van der Waals surface area contributed by atoms with E-state index >= 15 is 0 Å². The SMILES string of the molecule is CCCCCCCCCC[C@H](O[Si](C)(C)C(C)(C)C)[C@@H]1CC[C@@H]([C@@H]2C=CC(=O)O2)O1. The van der Waals surface area contributed by atoms with E-state index in [-0.39, 0.29) is 35.4 Å². The predicted octanol–water partition coefficient (Wildman–Crippen LogP) is 6.94. The summed E-state index contributed by atoms with van der Waals surface area (Å²) in [6.45, 7) is 13.8. The highest BCUT2D eigenvalue weighted by Gasteiger charge is 2.43. The molecule has 0 aromatic carbocycles. The lowest BCUT2D eigenvalue weighted by Gasteiger charge is -2.41. The predicted molar refractivity (Wildman–Crippen MR) is 126 cm³/mol. The number of carbonyl (C=O) groups excluding carboxylic acids is 1. The maximum atomic E-state index is 11.4. The van der Waals surface area contributed by atoms with Gasteiger partial charge >= 0.3 is 5.97 Å². The number of hydrogen-bond acceptors (Lipinski definition) is 4. The van der Waals surface area contributed by atoms with Crippen molar-refractivity contribution < 1.29 is 18.7 Å². The largest absolute Gasteiger partial charge is 0.452 e. The van der Waals surface area contributed by atoms with Crippen molar-refractivity contribution in [3.8, 4) is 0 Å². The summed E-state index contributed by atoms with van der Waals surface area (Å²) in [7, 11) is -1.87. The summed E-state index contributed by atoms with van der Waals surface area (Å²) in [5.41, 5.74) is 0. The first-order valence-electron chi connectivity index (χ1n) is 12.4. The maximum absolute atomic E-state index is 11.4. The minimum atomic E-state index is -1.87. The summed E-state index contributed by atoms with van der Waals surface area (Å²) < 4.78 is 18.6. The number of ether oxygens (including phenoxy) is 2. The van der Waals surface area contributed by atoms with Crippen LogP contribution in [0, 0.1) is 0 Å². The summed E-state index contributed by atoms with van der Waals surface area (Å²) in [6, 6.07) is 0. The Hall–Kier alpha value is -0.653. The zero-order valence-electron chi connectivity index (χ0n) is 20.4. The highest BCUT2D eigenvalue weighted by Crippen LogP contribution is 2.40. The molecule has 0 spiro atoms. The van der Waals surface area contributed by atoms with Gasteiger partial charge in [0.25, 0.3) is 0 Å². The number of esters is 1. The van der Waals surface area contributed by atoms with Crippen molar-refractivity contribution in [3.05, 3.63) is 12.2 Å². The molecule has 2 rings (SSSR count). The zero-order chi connectivity index (χ0) is 22.2. The highest BCUT2D eigenvalue weighted by atomic mass is 28.4. The lowest BCUT2D eigenvalue weighted by molar-refractivity contribution is -0.145. The van der Waals surface area contributed by atoms with Gasteiger partial charge in [0.1, 0.15) is 6.10 Å². The van der Waals surface area contributed by atoms with Crippen molar-refractivity contribution in [3.63, 3.8) is 0 Å². The van der Waals surface area contributed by atoms with Crippen molar-refractivity contribution in [1.29, 1.82) is 0 Å². The Morgan fingerprint density at radius 1 is 1.07 bits per heavy atom. The summed E-state index contributed by atoms with van der Waals surface area (Å²) >= 11 is 0. The van der Waals surface area contributed by atoms with E-state index in [9.17, 15) is 4.79 Å². The molecule has 0 unspecified atom stereocenters. The topological polar surface area (TPSA) is 44.8 Å². The molecule has 5 heteroatoms. The lowest BCUT2D eigenvalue weighted by Crippen LogP contribution is -2.47. The van der Waals surface area contributed by atoms with E-state index in [1.54, 1.807) is 0 Å². The van der Waals surface area contributed by atoms with Gasteiger partial charge in [-0.2, -0.15) is 0 Å². The third kappa shape index (κ3) is 7.80. The first-order chi connectivity index (χ1) is 14.1. The second-order valence-corrected chi connectivity index (χ2v) is 15.5. The van der Waals surface area contributed by atoms with Crippen LogP contribution in [-0.2, 0) is 18.7 Å². The van der Waals surface area contributed by atoms with Crippen LogP contribution in [0.15, 0.2) is 12.2 Å². The molecule has 0 radical (unpaired) electrons. The van der Waals surface area contributed by atoms with E-state index in [1.807, 2.05) is 6.08 Å². The number of carbonyl (C=O) groups is 1. The zero-order valence-corrected chi connectivity index (χ0v) is 21.4. The minimum Gasteiger partial charge on any atom is -0.452 e. The van der Waals surface area contributed by atoms with E-state index in [2.05, 4.69) is 40.8 Å². The second kappa shape index (κ2) is 11.8. The van der Waals surface area contributed by atoms with Crippen LogP contribution in [0.3, 0.4) is 0 Å². The van der Waals surface area contributed by atoms with E-state index in [0.717, 1.165) is 19.3 Å². The van der Waals surface area contributed by atoms with E-state index in [0.29, 0.717) is 0 Å². The van der Waals surface area contributed by atoms with Crippen molar-refractivity contribution in [2.24, 2.45) is 0 Å². The molecule has 2 heterocycles. The molecule has 4 nitrogen and oxygen atoms in total. The first kappa shape index (κ1) is 25.6. The van der Waals surface area contributed by atoms with Crippen molar-refractivity contribution in [2.45, 2.75) is 141 Å². The van der Waals surface area contributed by atoms with Gasteiger partial charge in [0.2, 0.25) is 0 Å². The van der Waals surface area contributed by atoms with E-state index in [1.165, 1.54) is 57.4 Å². The monoisotopic (exact) mass is 438 g/mol. The number of hydrogen-bond donors (Lipinski definition) is 0. The Balaban J connectivity index is 1.86. The van der Waals surface area contributed by atoms with Gasteiger partial charge in [-0.1, -0.05) is 79.1 Å². The summed E-state index contributed by atoms with van der Waals surface area (Å²) in [5.74, 6) is -0.250. The molecule has 2 aliphatic rings. The van der Waals surface area contributed by atoms with Crippen LogP contribution in [0.5, 0.6) is 0 Å². The van der Waals surface area contributed by atoms with Gasteiger partial charge in [-0.25, -0.2) is 4.79 Å². The average molecular weight is 439 g/mol. The van der Waals surface area contributed by atoms with Gasteiger partial charge in [0, 0.05) is 6.08 Å². The molecule has 1 saturated heterocycles. The molecule has 30 heavy (non-hydrogen) atoms. The fourth-order valence-corrected chi connectivity index (χ4v) is 5.53. The average Bonchev–Trinajstić information content (AvgIpc) is 3.31. The fraction of sp³-hybridized carbons (Fsp3) is 0.880. The molecule has 0 aliphatic carbocycles. The van der Waals surface area contributed by atoms with E-state index in [4.69, 9.17) is 13.9 Å². The smallest absolute Gasteiger partial charge is 0.331 e. The summed E-state index contributed by atoms with van der Waals surface area (Å²) in [4.78, 5) is 11.4. The van der Waals surface area contributed by atoms with Crippen LogP contribution >= 0.6 is 0 Å². The minimum absolute atomic E-state index is 0.0261. The molecule has 1 fully saturated rings. The molecule has 174 valence electrons. The van der Waals surface area contributed by atoms with Crippen molar-refractivity contribution in [2.75, 3.05) is 0 Å². The van der Waals surface area contributed by atoms with Gasteiger partial charge in [0.05, 0.1) is 18.3 Å². The van der Waals surface area contributed by atoms with Crippen molar-refractivity contribution >= 4 is 14.3 Å². The van der Waals surface area contributed by atoms with Gasteiger partial charge in [-0.3, -0.25) is 0 Å². The Kier molecular flexibility index (Phi) is 10.1. The Bertz CT molecular complexity index is 552. The Morgan fingerprint density at radius 3 is 2.27 bits per heavy atom. The Labute approximate surface area is 186 Å². The molecule has 0 saturated carbocycles. The quantitative estimate of drug-likeness (QED) is 0.177. The van der Waals surface area contributed by atoms with Gasteiger partial charge in [-0.15, -0.1) is 0 Å². The van der Waals surface area contributed by atoms with Crippen LogP contribution < -0.4 is 0 Å². The van der Waals surface area contributed by atoms with Gasteiger partial charge in [-0.05, 0) is 43.5 Å². The molecule has 0 aromatic rings. The Morgan fingerprint density at radius 2 is 1.70 bits per heavy atom. The van der Waals surface area contributed by atoms with Crippen molar-refractivity contribution in [1.82, 2.24) is 0 Å². The van der Waals surface area contributed by atoms with Crippen LogP contribution in [0.1, 0.15) is 98.3 Å². The molecule has 0 aromatic heterocycles. The normalized spacial score (nSPS) is 25.7. The van der Waals surface area contributed by atoms with Gasteiger partial charge in [0.15, 0.2) is 8.32 Å². The third-order valence-electron chi connectivity index (χ3n) is 7.13. The summed E-state index contributed by atoms with van der Waals surface area (Å²) in [5, 5.41) is 0.187. The van der Waals surface area contributed by atoms with Crippen LogP contribution in [0.2, 0.25) is 18.1 Å². The van der Waals surface area contributed by atoms with Crippen LogP contribution in [-0.4, -0.2) is 38.7 Å². The lowest BCUT2D eigenvalue weighted by atomic mass is 10.0. The maximum Gasteiger partial charge on any atom is 0.331 e. The van der Waals surface area contributed by atoms with Gasteiger partial charge < -0.3 is 13.9 Å². The number of unbranched alkanes of at least 4 members (excludes halogenated alkanes) is 7. The molecule has 0 amide bonds. The fourth-order valence-electron chi connectivity index (χ4n) is 4.15. The van der Waals surface area contributed by atoms with E-state index < -0.39 is 8.32 Å². The highest BCUT2D eigenvalue weighted by molar-refractivity contribution is 6.74. The number of rotatable bonds is 13. The second-order valence-electron chi connectivity index (χ2n) is 10.7. The number of cyclic esters (lactones) is 1. The van der Waals surface area contributed by atoms with Crippen LogP contribution in [0.25, 0.3) is 0 Å². The molecule has 0 bridgehead atoms. The first-order valence-corrected chi connectivity index (χ1v) is 15.3. The standard InChI is InChI=1S/C25H46O4Si/c1-7-8-9-10-11-12-13-14-15-23(29-30(5,6)25(2,3)4)22-17-16-20(27-22)21-18-19-24(26)28-21/h18-23H,7-17H2,1-6H3/t20-,21-,22-,23-/m0/s1. The molecule has 2 aliphatic heterocycles. The molecular weight excluding hydrogens is 392 g/mol. The molecular formula is C25H46O4Si. The third-order valence-corrected chi connectivity index (χ3v) is 11.6. The van der Waals surface area contributed by atoms with Crippen LogP contribution in [0.4, 0.5) is 0 Å².